The molecule has 0 aliphatic carbocycles. The van der Waals surface area contributed by atoms with Crippen molar-refractivity contribution in [1.82, 2.24) is 0 Å². The maximum Gasteiger partial charge on any atom is 0.117 e. The third-order valence-corrected chi connectivity index (χ3v) is 2.84. The fourth-order valence-electron chi connectivity index (χ4n) is 1.47. The fourth-order valence-corrected chi connectivity index (χ4v) is 2.05. The highest BCUT2D eigenvalue weighted by atomic mass is 79.9. The topological polar surface area (TPSA) is 46.2 Å². The summed E-state index contributed by atoms with van der Waals surface area (Å²) < 4.78 is 0.891. The molecule has 0 aliphatic heterocycles. The average molecular weight is 252 g/mol. The van der Waals surface area contributed by atoms with Gasteiger partial charge in [-0.05, 0) is 34.5 Å². The zero-order valence-corrected chi connectivity index (χ0v) is 9.08. The lowest BCUT2D eigenvalue weighted by Crippen LogP contribution is -1.95. The van der Waals surface area contributed by atoms with Crippen LogP contribution in [0.1, 0.15) is 5.56 Å². The molecule has 2 nitrogen and oxygen atoms in total. The van der Waals surface area contributed by atoms with E-state index >= 15 is 0 Å². The monoisotopic (exact) mass is 251 g/mol. The van der Waals surface area contributed by atoms with E-state index in [1.807, 2.05) is 18.2 Å². The second kappa shape index (κ2) is 3.59. The maximum absolute atomic E-state index is 9.38. The summed E-state index contributed by atoms with van der Waals surface area (Å²) in [6, 6.07) is 9.37. The minimum absolute atomic E-state index is 0.268. The van der Waals surface area contributed by atoms with Crippen molar-refractivity contribution in [3.05, 3.63) is 40.4 Å². The smallest absolute Gasteiger partial charge is 0.117 e. The molecule has 0 bridgehead atoms. The summed E-state index contributed by atoms with van der Waals surface area (Å²) in [6.07, 6.45) is 0. The Morgan fingerprint density at radius 1 is 1.21 bits per heavy atom. The number of rotatable bonds is 1. The molecule has 14 heavy (non-hydrogen) atoms. The first kappa shape index (κ1) is 9.49. The van der Waals surface area contributed by atoms with Crippen LogP contribution in [0.15, 0.2) is 34.8 Å². The Morgan fingerprint density at radius 3 is 2.71 bits per heavy atom. The standard InChI is InChI=1S/C11H10BrNO/c12-11-5-9(14)4-8-2-1-7(6-13)3-10(8)11/h1-5,14H,6,13H2. The van der Waals surface area contributed by atoms with Gasteiger partial charge in [0.15, 0.2) is 0 Å². The van der Waals surface area contributed by atoms with Crippen LogP contribution in [0.25, 0.3) is 10.8 Å². The Labute approximate surface area is 90.5 Å². The number of aromatic hydroxyl groups is 1. The number of benzene rings is 2. The number of fused-ring (bicyclic) bond motifs is 1. The van der Waals surface area contributed by atoms with E-state index in [9.17, 15) is 5.11 Å². The summed E-state index contributed by atoms with van der Waals surface area (Å²) in [5, 5.41) is 11.5. The molecule has 0 heterocycles. The van der Waals surface area contributed by atoms with Gasteiger partial charge in [-0.25, -0.2) is 0 Å². The zero-order valence-electron chi connectivity index (χ0n) is 7.50. The van der Waals surface area contributed by atoms with Gasteiger partial charge in [-0.1, -0.05) is 28.1 Å². The number of hydrogen-bond acceptors (Lipinski definition) is 2. The van der Waals surface area contributed by atoms with Crippen LogP contribution in [0.5, 0.6) is 5.75 Å². The SMILES string of the molecule is NCc1ccc2cc(O)cc(Br)c2c1. The summed E-state index contributed by atoms with van der Waals surface area (Å²) in [4.78, 5) is 0. The third kappa shape index (κ3) is 1.61. The highest BCUT2D eigenvalue weighted by Crippen LogP contribution is 2.29. The van der Waals surface area contributed by atoms with Crippen molar-refractivity contribution in [3.8, 4) is 5.75 Å². The van der Waals surface area contributed by atoms with Crippen molar-refractivity contribution in [3.63, 3.8) is 0 Å². The molecule has 0 aliphatic rings. The number of hydrogen-bond donors (Lipinski definition) is 2. The van der Waals surface area contributed by atoms with Crippen molar-refractivity contribution in [2.24, 2.45) is 5.73 Å². The molecule has 3 N–H and O–H groups in total. The number of phenolic OH excluding ortho intramolecular Hbond substituents is 1. The lowest BCUT2D eigenvalue weighted by molar-refractivity contribution is 0.476. The Balaban J connectivity index is 2.75. The molecule has 2 aromatic rings. The predicted octanol–water partition coefficient (Wildman–Crippen LogP) is 2.77. The lowest BCUT2D eigenvalue weighted by atomic mass is 10.1. The Morgan fingerprint density at radius 2 is 2.00 bits per heavy atom. The van der Waals surface area contributed by atoms with E-state index < -0.39 is 0 Å². The molecule has 0 fully saturated rings. The molecule has 0 atom stereocenters. The van der Waals surface area contributed by atoms with Crippen LogP contribution in [-0.4, -0.2) is 5.11 Å². The number of phenols is 1. The van der Waals surface area contributed by atoms with Crippen molar-refractivity contribution >= 4 is 26.7 Å². The molecule has 72 valence electrons. The van der Waals surface area contributed by atoms with E-state index in [0.29, 0.717) is 6.54 Å². The second-order valence-corrected chi connectivity index (χ2v) is 4.04. The van der Waals surface area contributed by atoms with E-state index in [2.05, 4.69) is 15.9 Å². The van der Waals surface area contributed by atoms with E-state index in [1.54, 1.807) is 12.1 Å². The van der Waals surface area contributed by atoms with E-state index in [1.165, 1.54) is 0 Å². The van der Waals surface area contributed by atoms with Crippen LogP contribution in [-0.2, 0) is 6.54 Å². The quantitative estimate of drug-likeness (QED) is 0.819. The Bertz CT molecular complexity index is 482. The van der Waals surface area contributed by atoms with Gasteiger partial charge >= 0.3 is 0 Å². The van der Waals surface area contributed by atoms with Crippen molar-refractivity contribution in [2.75, 3.05) is 0 Å². The molecule has 0 radical (unpaired) electrons. The number of halogens is 1. The normalized spacial score (nSPS) is 10.7. The van der Waals surface area contributed by atoms with Gasteiger partial charge in [0.2, 0.25) is 0 Å². The molecule has 2 aromatic carbocycles. The van der Waals surface area contributed by atoms with Crippen molar-refractivity contribution < 1.29 is 5.11 Å². The van der Waals surface area contributed by atoms with Gasteiger partial charge in [-0.15, -0.1) is 0 Å². The maximum atomic E-state index is 9.38. The second-order valence-electron chi connectivity index (χ2n) is 3.19. The van der Waals surface area contributed by atoms with Crippen molar-refractivity contribution in [2.45, 2.75) is 6.54 Å². The van der Waals surface area contributed by atoms with Gasteiger partial charge in [-0.3, -0.25) is 0 Å². The summed E-state index contributed by atoms with van der Waals surface area (Å²) in [5.41, 5.74) is 6.64. The summed E-state index contributed by atoms with van der Waals surface area (Å²) >= 11 is 3.41. The van der Waals surface area contributed by atoms with Gasteiger partial charge in [0.05, 0.1) is 0 Å². The lowest BCUT2D eigenvalue weighted by Gasteiger charge is -2.04. The van der Waals surface area contributed by atoms with Gasteiger partial charge in [0.1, 0.15) is 5.75 Å². The molecule has 0 aromatic heterocycles. The van der Waals surface area contributed by atoms with Gasteiger partial charge in [0.25, 0.3) is 0 Å². The molecule has 0 spiro atoms. The van der Waals surface area contributed by atoms with Crippen molar-refractivity contribution in [1.29, 1.82) is 0 Å². The van der Waals surface area contributed by atoms with E-state index in [4.69, 9.17) is 5.73 Å². The highest BCUT2D eigenvalue weighted by Gasteiger charge is 2.01. The van der Waals surface area contributed by atoms with Gasteiger partial charge in [-0.2, -0.15) is 0 Å². The minimum atomic E-state index is 0.268. The molecule has 0 amide bonds. The summed E-state index contributed by atoms with van der Waals surface area (Å²) in [5.74, 6) is 0.268. The highest BCUT2D eigenvalue weighted by molar-refractivity contribution is 9.10. The first-order valence-electron chi connectivity index (χ1n) is 4.32. The van der Waals surface area contributed by atoms with Gasteiger partial charge < -0.3 is 10.8 Å². The summed E-state index contributed by atoms with van der Waals surface area (Å²) in [7, 11) is 0. The van der Waals surface area contributed by atoms with Crippen LogP contribution in [0, 0.1) is 0 Å². The van der Waals surface area contributed by atoms with Crippen LogP contribution in [0.4, 0.5) is 0 Å². The predicted molar refractivity (Wildman–Crippen MR) is 61.2 cm³/mol. The number of nitrogens with two attached hydrogens (primary N) is 1. The summed E-state index contributed by atoms with van der Waals surface area (Å²) in [6.45, 7) is 0.531. The van der Waals surface area contributed by atoms with Crippen LogP contribution >= 0.6 is 15.9 Å². The molecule has 0 saturated heterocycles. The van der Waals surface area contributed by atoms with E-state index in [-0.39, 0.29) is 5.75 Å². The van der Waals surface area contributed by atoms with Gasteiger partial charge in [0, 0.05) is 11.0 Å². The molecule has 3 heteroatoms. The van der Waals surface area contributed by atoms with E-state index in [0.717, 1.165) is 20.8 Å². The van der Waals surface area contributed by atoms with Crippen LogP contribution in [0.3, 0.4) is 0 Å². The fraction of sp³-hybridized carbons (Fsp3) is 0.0909. The largest absolute Gasteiger partial charge is 0.508 e. The molecular weight excluding hydrogens is 242 g/mol. The zero-order chi connectivity index (χ0) is 10.1. The first-order chi connectivity index (χ1) is 6.70. The third-order valence-electron chi connectivity index (χ3n) is 2.19. The molecule has 0 unspecified atom stereocenters. The average Bonchev–Trinajstić information content (AvgIpc) is 2.17. The Hall–Kier alpha value is -1.06. The Kier molecular flexibility index (Phi) is 2.44. The van der Waals surface area contributed by atoms with Crippen LogP contribution < -0.4 is 5.73 Å². The van der Waals surface area contributed by atoms with Crippen LogP contribution in [0.2, 0.25) is 0 Å². The molecule has 0 saturated carbocycles. The molecular formula is C11H10BrNO. The molecule has 2 rings (SSSR count). The minimum Gasteiger partial charge on any atom is -0.508 e. The first-order valence-corrected chi connectivity index (χ1v) is 5.11.